The van der Waals surface area contributed by atoms with E-state index in [0.29, 0.717) is 24.2 Å². The van der Waals surface area contributed by atoms with E-state index in [2.05, 4.69) is 0 Å². The van der Waals surface area contributed by atoms with Crippen molar-refractivity contribution in [2.45, 2.75) is 69.6 Å². The highest BCUT2D eigenvalue weighted by atomic mass is 28.4. The molecule has 258 valence electrons. The third-order valence-corrected chi connectivity index (χ3v) is 12.7. The van der Waals surface area contributed by atoms with E-state index in [9.17, 15) is 34.4 Å². The lowest BCUT2D eigenvalue weighted by Crippen LogP contribution is -2.46. The van der Waals surface area contributed by atoms with Crippen LogP contribution in [0.15, 0.2) is 72.8 Å². The first-order chi connectivity index (χ1) is 23.3. The van der Waals surface area contributed by atoms with Gasteiger partial charge in [-0.3, -0.25) is 24.5 Å². The summed E-state index contributed by atoms with van der Waals surface area (Å²) in [5.74, 6) is -1.26. The van der Waals surface area contributed by atoms with Crippen LogP contribution in [-0.4, -0.2) is 71.6 Å². The largest absolute Gasteiger partial charge is 0.432 e. The van der Waals surface area contributed by atoms with Gasteiger partial charge in [0.05, 0.1) is 36.3 Å². The molecule has 0 aliphatic carbocycles. The summed E-state index contributed by atoms with van der Waals surface area (Å²) in [6.07, 6.45) is 0.314. The fourth-order valence-corrected chi connectivity index (χ4v) is 10.5. The van der Waals surface area contributed by atoms with Crippen molar-refractivity contribution in [1.29, 1.82) is 0 Å². The average Bonchev–Trinajstić information content (AvgIpc) is 3.70. The summed E-state index contributed by atoms with van der Waals surface area (Å²) in [6.45, 7) is 6.25. The van der Waals surface area contributed by atoms with Crippen molar-refractivity contribution in [3.8, 4) is 0 Å². The summed E-state index contributed by atoms with van der Waals surface area (Å²) in [6, 6.07) is 21.1. The second kappa shape index (κ2) is 13.5. The van der Waals surface area contributed by atoms with Crippen LogP contribution >= 0.6 is 0 Å². The van der Waals surface area contributed by atoms with Gasteiger partial charge in [0.2, 0.25) is 11.8 Å². The second-order valence-electron chi connectivity index (χ2n) is 13.8. The third-order valence-electron chi connectivity index (χ3n) is 10.2. The first-order valence-corrected chi connectivity index (χ1v) is 19.7. The molecular weight excluding hydrogens is 645 g/mol. The predicted octanol–water partition coefficient (Wildman–Crippen LogP) is 4.48. The third kappa shape index (κ3) is 6.39. The van der Waals surface area contributed by atoms with Gasteiger partial charge in [-0.2, -0.15) is 0 Å². The van der Waals surface area contributed by atoms with E-state index in [1.54, 1.807) is 29.0 Å². The van der Waals surface area contributed by atoms with Crippen LogP contribution in [0.3, 0.4) is 0 Å². The fraction of sp³-hybridized carbons (Fsp3) is 0.417. The van der Waals surface area contributed by atoms with Gasteiger partial charge in [0.15, 0.2) is 13.9 Å². The summed E-state index contributed by atoms with van der Waals surface area (Å²) < 4.78 is 6.76. The fourth-order valence-electron chi connectivity index (χ4n) is 7.94. The van der Waals surface area contributed by atoms with E-state index >= 15 is 0 Å². The molecule has 2 N–H and O–H groups in total. The average molecular weight is 687 g/mol. The molecule has 3 aliphatic heterocycles. The van der Waals surface area contributed by atoms with Crippen LogP contribution in [0, 0.1) is 16.0 Å². The zero-order valence-corrected chi connectivity index (χ0v) is 28.9. The van der Waals surface area contributed by atoms with Crippen LogP contribution < -0.4 is 9.80 Å². The number of non-ortho nitro benzene ring substituents is 1. The number of ether oxygens (including phenoxy) is 1. The van der Waals surface area contributed by atoms with Crippen LogP contribution in [-0.2, 0) is 37.8 Å². The lowest BCUT2D eigenvalue weighted by molar-refractivity contribution is -0.385. The standard InChI is InChI=1S/C36H42N4O8Si/c1-24-34(49(2,3)47)31(21-33(43)37(18-19-41)22-25-8-5-4-6-9-25)48-36(24)29-20-28(40(45)46)15-16-30(29)39(35(36)44)23-26-11-13-27(14-12-26)38-17-7-10-32(38)42/h4-6,8-9,11-16,20,24,31,34,41,47H,7,10,17-19,21-23H2,1-3H3/t24-,31+,34-,36+/m0/s1. The molecule has 0 aromatic heterocycles. The smallest absolute Gasteiger partial charge is 0.269 e. The number of anilines is 2. The first kappa shape index (κ1) is 34.4. The van der Waals surface area contributed by atoms with Crippen LogP contribution in [0.4, 0.5) is 17.1 Å². The maximum atomic E-state index is 14.8. The number of hydrogen-bond donors (Lipinski definition) is 2. The summed E-state index contributed by atoms with van der Waals surface area (Å²) >= 11 is 0. The number of benzene rings is 3. The molecule has 13 heteroatoms. The minimum Gasteiger partial charge on any atom is -0.432 e. The number of carbonyl (C=O) groups excluding carboxylic acids is 3. The zero-order chi connectivity index (χ0) is 35.1. The SMILES string of the molecule is C[C@H]1[C@H]([Si](C)(C)O)[C@@H](CC(=O)N(CCO)Cc2ccccc2)O[C@]12C(=O)N(Cc1ccc(N3CCCC3=O)cc1)c1ccc([N+](=O)[O-])cc12. The molecule has 4 atom stereocenters. The van der Waals surface area contributed by atoms with Crippen molar-refractivity contribution in [2.24, 2.45) is 5.92 Å². The maximum Gasteiger partial charge on any atom is 0.269 e. The number of carbonyl (C=O) groups is 3. The molecule has 6 rings (SSSR count). The minimum atomic E-state index is -3.13. The molecule has 0 bridgehead atoms. The summed E-state index contributed by atoms with van der Waals surface area (Å²) in [5.41, 5.74) is 0.826. The van der Waals surface area contributed by atoms with Crippen LogP contribution in [0.25, 0.3) is 0 Å². The Morgan fingerprint density at radius 2 is 1.80 bits per heavy atom. The number of hydrogen-bond acceptors (Lipinski definition) is 8. The summed E-state index contributed by atoms with van der Waals surface area (Å²) in [5, 5.41) is 21.7. The Kier molecular flexibility index (Phi) is 9.46. The number of nitrogens with zero attached hydrogens (tertiary/aromatic N) is 4. The Labute approximate surface area is 286 Å². The lowest BCUT2D eigenvalue weighted by atomic mass is 9.82. The molecule has 3 aromatic carbocycles. The van der Waals surface area contributed by atoms with E-state index in [1.165, 1.54) is 17.0 Å². The number of nitro benzene ring substituents is 1. The number of aliphatic hydroxyl groups is 1. The van der Waals surface area contributed by atoms with E-state index in [0.717, 1.165) is 23.2 Å². The molecule has 0 unspecified atom stereocenters. The van der Waals surface area contributed by atoms with Crippen LogP contribution in [0.1, 0.15) is 42.9 Å². The highest BCUT2D eigenvalue weighted by molar-refractivity contribution is 6.71. The molecule has 12 nitrogen and oxygen atoms in total. The first-order valence-electron chi connectivity index (χ1n) is 16.7. The summed E-state index contributed by atoms with van der Waals surface area (Å²) in [7, 11) is -3.13. The van der Waals surface area contributed by atoms with Gasteiger partial charge in [-0.1, -0.05) is 49.4 Å². The van der Waals surface area contributed by atoms with Gasteiger partial charge >= 0.3 is 0 Å². The highest BCUT2D eigenvalue weighted by Crippen LogP contribution is 2.60. The zero-order valence-electron chi connectivity index (χ0n) is 27.9. The Balaban J connectivity index is 1.34. The van der Waals surface area contributed by atoms with E-state index in [-0.39, 0.29) is 50.2 Å². The minimum absolute atomic E-state index is 0.0739. The van der Waals surface area contributed by atoms with Crippen molar-refractivity contribution in [3.05, 3.63) is 99.6 Å². The Bertz CT molecular complexity index is 1750. The van der Waals surface area contributed by atoms with Gasteiger partial charge in [0.1, 0.15) is 0 Å². The molecular formula is C36H42N4O8Si. The Morgan fingerprint density at radius 1 is 1.08 bits per heavy atom. The van der Waals surface area contributed by atoms with Gasteiger partial charge in [0, 0.05) is 60.9 Å². The van der Waals surface area contributed by atoms with Crippen molar-refractivity contribution in [2.75, 3.05) is 29.5 Å². The molecule has 3 heterocycles. The lowest BCUT2D eigenvalue weighted by Gasteiger charge is -2.32. The number of rotatable bonds is 11. The molecule has 3 aliphatic rings. The molecule has 0 saturated carbocycles. The number of aliphatic hydroxyl groups excluding tert-OH is 1. The molecule has 3 amide bonds. The molecule has 2 saturated heterocycles. The van der Waals surface area contributed by atoms with Crippen molar-refractivity contribution < 1.29 is 33.9 Å². The van der Waals surface area contributed by atoms with Crippen molar-refractivity contribution in [1.82, 2.24) is 4.90 Å². The predicted molar refractivity (Wildman–Crippen MR) is 185 cm³/mol. The van der Waals surface area contributed by atoms with Gasteiger partial charge in [-0.05, 0) is 48.8 Å². The number of nitro groups is 1. The Hall–Kier alpha value is -4.43. The molecule has 49 heavy (non-hydrogen) atoms. The van der Waals surface area contributed by atoms with E-state index < -0.39 is 42.3 Å². The topological polar surface area (TPSA) is 154 Å². The normalized spacial score (nSPS) is 23.4. The van der Waals surface area contributed by atoms with E-state index in [1.807, 2.05) is 61.5 Å². The highest BCUT2D eigenvalue weighted by Gasteiger charge is 2.66. The van der Waals surface area contributed by atoms with Gasteiger partial charge in [-0.15, -0.1) is 0 Å². The summed E-state index contributed by atoms with van der Waals surface area (Å²) in [4.78, 5) is 68.8. The van der Waals surface area contributed by atoms with Crippen LogP contribution in [0.5, 0.6) is 0 Å². The number of fused-ring (bicyclic) bond motifs is 2. The number of amides is 3. The van der Waals surface area contributed by atoms with Crippen LogP contribution in [0.2, 0.25) is 18.6 Å². The van der Waals surface area contributed by atoms with Crippen molar-refractivity contribution >= 4 is 43.1 Å². The Morgan fingerprint density at radius 3 is 2.41 bits per heavy atom. The van der Waals surface area contributed by atoms with Gasteiger partial charge in [-0.25, -0.2) is 0 Å². The molecule has 1 spiro atoms. The second-order valence-corrected chi connectivity index (χ2v) is 17.7. The quantitative estimate of drug-likeness (QED) is 0.170. The molecule has 2 fully saturated rings. The van der Waals surface area contributed by atoms with E-state index in [4.69, 9.17) is 4.74 Å². The van der Waals surface area contributed by atoms with Gasteiger partial charge < -0.3 is 29.3 Å². The van der Waals surface area contributed by atoms with Gasteiger partial charge in [0.25, 0.3) is 11.6 Å². The monoisotopic (exact) mass is 686 g/mol. The maximum absolute atomic E-state index is 14.8. The molecule has 0 radical (unpaired) electrons. The van der Waals surface area contributed by atoms with Crippen molar-refractivity contribution in [3.63, 3.8) is 0 Å². The molecule has 3 aromatic rings.